The Morgan fingerprint density at radius 1 is 1.54 bits per heavy atom. The number of aryl methyl sites for hydroxylation is 1. The summed E-state index contributed by atoms with van der Waals surface area (Å²) in [7, 11) is 1.66. The van der Waals surface area contributed by atoms with Crippen LogP contribution < -0.4 is 5.32 Å². The first kappa shape index (κ1) is 9.71. The van der Waals surface area contributed by atoms with Gasteiger partial charge in [-0.3, -0.25) is 9.78 Å². The molecule has 0 aliphatic heterocycles. The summed E-state index contributed by atoms with van der Waals surface area (Å²) in [6.45, 7) is 0. The summed E-state index contributed by atoms with van der Waals surface area (Å²) in [5.74, 6) is 0.0935. The summed E-state index contributed by atoms with van der Waals surface area (Å²) in [5, 5.41) is 2.59. The number of hydrogen-bond donors (Lipinski definition) is 1. The molecule has 13 heavy (non-hydrogen) atoms. The van der Waals surface area contributed by atoms with E-state index in [1.54, 1.807) is 13.2 Å². The van der Waals surface area contributed by atoms with Gasteiger partial charge in [0.2, 0.25) is 5.91 Å². The van der Waals surface area contributed by atoms with E-state index in [9.17, 15) is 4.79 Å². The molecule has 1 rings (SSSR count). The highest BCUT2D eigenvalue weighted by atomic mass is 16.1. The van der Waals surface area contributed by atoms with Crippen LogP contribution in [0.3, 0.4) is 0 Å². The molecule has 0 saturated heterocycles. The number of carbonyl (C=O) groups excluding carboxylic acids is 1. The van der Waals surface area contributed by atoms with Gasteiger partial charge in [-0.05, 0) is 25.0 Å². The largest absolute Gasteiger partial charge is 0.359 e. The average Bonchev–Trinajstić information content (AvgIpc) is 2.19. The zero-order valence-electron chi connectivity index (χ0n) is 7.79. The van der Waals surface area contributed by atoms with E-state index in [0.29, 0.717) is 6.42 Å². The van der Waals surface area contributed by atoms with E-state index < -0.39 is 0 Å². The smallest absolute Gasteiger partial charge is 0.219 e. The van der Waals surface area contributed by atoms with Crippen molar-refractivity contribution in [3.05, 3.63) is 30.1 Å². The predicted octanol–water partition coefficient (Wildman–Crippen LogP) is 1.15. The number of hydrogen-bond acceptors (Lipinski definition) is 2. The minimum atomic E-state index is 0.0935. The highest BCUT2D eigenvalue weighted by molar-refractivity contribution is 5.75. The van der Waals surface area contributed by atoms with Crippen molar-refractivity contribution in [2.45, 2.75) is 19.3 Å². The van der Waals surface area contributed by atoms with E-state index in [-0.39, 0.29) is 5.91 Å². The molecule has 0 fully saturated rings. The van der Waals surface area contributed by atoms with Crippen LogP contribution >= 0.6 is 0 Å². The number of carbonyl (C=O) groups is 1. The van der Waals surface area contributed by atoms with E-state index in [2.05, 4.69) is 10.3 Å². The molecule has 0 atom stereocenters. The Balaban J connectivity index is 2.24. The molecule has 1 heterocycles. The second kappa shape index (κ2) is 5.30. The summed E-state index contributed by atoms with van der Waals surface area (Å²) in [6.07, 6.45) is 4.08. The molecular formula is C10H14N2O. The Labute approximate surface area is 78.2 Å². The molecule has 1 aromatic heterocycles. The summed E-state index contributed by atoms with van der Waals surface area (Å²) in [6, 6.07) is 5.83. The molecule has 0 spiro atoms. The first-order valence-electron chi connectivity index (χ1n) is 4.43. The lowest BCUT2D eigenvalue weighted by Crippen LogP contribution is -2.17. The quantitative estimate of drug-likeness (QED) is 0.751. The normalized spacial score (nSPS) is 9.62. The number of nitrogens with one attached hydrogen (secondary N) is 1. The standard InChI is InChI=1S/C10H14N2O/c1-11-10(13)7-4-6-9-5-2-3-8-12-9/h2-3,5,8H,4,6-7H2,1H3,(H,11,13). The van der Waals surface area contributed by atoms with Gasteiger partial charge in [0.1, 0.15) is 0 Å². The van der Waals surface area contributed by atoms with Crippen LogP contribution in [0.25, 0.3) is 0 Å². The number of nitrogens with zero attached hydrogens (tertiary/aromatic N) is 1. The van der Waals surface area contributed by atoms with Crippen molar-refractivity contribution in [3.8, 4) is 0 Å². The van der Waals surface area contributed by atoms with Crippen molar-refractivity contribution < 1.29 is 4.79 Å². The van der Waals surface area contributed by atoms with Gasteiger partial charge in [0.15, 0.2) is 0 Å². The summed E-state index contributed by atoms with van der Waals surface area (Å²) in [5.41, 5.74) is 1.05. The van der Waals surface area contributed by atoms with E-state index in [4.69, 9.17) is 0 Å². The maximum Gasteiger partial charge on any atom is 0.219 e. The van der Waals surface area contributed by atoms with E-state index >= 15 is 0 Å². The maximum atomic E-state index is 10.9. The molecule has 70 valence electrons. The van der Waals surface area contributed by atoms with Crippen molar-refractivity contribution in [1.82, 2.24) is 10.3 Å². The van der Waals surface area contributed by atoms with Gasteiger partial charge in [0.05, 0.1) is 0 Å². The van der Waals surface area contributed by atoms with Crippen LogP contribution in [0.2, 0.25) is 0 Å². The second-order valence-electron chi connectivity index (χ2n) is 2.85. The molecule has 1 amide bonds. The Hall–Kier alpha value is -1.38. The van der Waals surface area contributed by atoms with Crippen molar-refractivity contribution in [3.63, 3.8) is 0 Å². The van der Waals surface area contributed by atoms with Crippen LogP contribution in [-0.4, -0.2) is 17.9 Å². The minimum absolute atomic E-state index is 0.0935. The van der Waals surface area contributed by atoms with Gasteiger partial charge in [-0.15, -0.1) is 0 Å². The summed E-state index contributed by atoms with van der Waals surface area (Å²) < 4.78 is 0. The molecule has 1 aromatic rings. The average molecular weight is 178 g/mol. The van der Waals surface area contributed by atoms with Crippen LogP contribution in [0.5, 0.6) is 0 Å². The van der Waals surface area contributed by atoms with E-state index in [1.807, 2.05) is 18.2 Å². The Morgan fingerprint density at radius 3 is 3.00 bits per heavy atom. The first-order chi connectivity index (χ1) is 6.33. The predicted molar refractivity (Wildman–Crippen MR) is 51.2 cm³/mol. The van der Waals surface area contributed by atoms with Crippen LogP contribution in [-0.2, 0) is 11.2 Å². The molecule has 0 aliphatic rings. The lowest BCUT2D eigenvalue weighted by molar-refractivity contribution is -0.120. The molecule has 1 N–H and O–H groups in total. The van der Waals surface area contributed by atoms with Gasteiger partial charge < -0.3 is 5.32 Å². The lowest BCUT2D eigenvalue weighted by Gasteiger charge is -1.99. The van der Waals surface area contributed by atoms with Gasteiger partial charge in [0.25, 0.3) is 0 Å². The Kier molecular flexibility index (Phi) is 3.96. The maximum absolute atomic E-state index is 10.9. The SMILES string of the molecule is CNC(=O)CCCc1ccccn1. The lowest BCUT2D eigenvalue weighted by atomic mass is 10.2. The van der Waals surface area contributed by atoms with Gasteiger partial charge in [-0.2, -0.15) is 0 Å². The third kappa shape index (κ3) is 3.69. The van der Waals surface area contributed by atoms with Crippen molar-refractivity contribution in [1.29, 1.82) is 0 Å². The number of pyridine rings is 1. The summed E-state index contributed by atoms with van der Waals surface area (Å²) >= 11 is 0. The molecule has 3 heteroatoms. The fraction of sp³-hybridized carbons (Fsp3) is 0.400. The molecule has 3 nitrogen and oxygen atoms in total. The molecule has 0 saturated carbocycles. The molecular weight excluding hydrogens is 164 g/mol. The number of amides is 1. The molecule has 0 radical (unpaired) electrons. The van der Waals surface area contributed by atoms with Gasteiger partial charge >= 0.3 is 0 Å². The fourth-order valence-corrected chi connectivity index (χ4v) is 1.10. The fourth-order valence-electron chi connectivity index (χ4n) is 1.10. The van der Waals surface area contributed by atoms with Gasteiger partial charge in [-0.1, -0.05) is 6.07 Å². The summed E-state index contributed by atoms with van der Waals surface area (Å²) in [4.78, 5) is 15.0. The third-order valence-electron chi connectivity index (χ3n) is 1.84. The zero-order valence-corrected chi connectivity index (χ0v) is 7.79. The highest BCUT2D eigenvalue weighted by Gasteiger charge is 1.98. The third-order valence-corrected chi connectivity index (χ3v) is 1.84. The monoisotopic (exact) mass is 178 g/mol. The molecule has 0 aliphatic carbocycles. The van der Waals surface area contributed by atoms with Crippen molar-refractivity contribution in [2.75, 3.05) is 7.05 Å². The topological polar surface area (TPSA) is 42.0 Å². The van der Waals surface area contributed by atoms with E-state index in [0.717, 1.165) is 18.5 Å². The second-order valence-corrected chi connectivity index (χ2v) is 2.85. The Morgan fingerprint density at radius 2 is 2.38 bits per heavy atom. The van der Waals surface area contributed by atoms with E-state index in [1.165, 1.54) is 0 Å². The number of aromatic nitrogens is 1. The molecule has 0 unspecified atom stereocenters. The van der Waals surface area contributed by atoms with Gasteiger partial charge in [-0.25, -0.2) is 0 Å². The van der Waals surface area contributed by atoms with Crippen LogP contribution in [0.1, 0.15) is 18.5 Å². The van der Waals surface area contributed by atoms with Gasteiger partial charge in [0, 0.05) is 25.4 Å². The van der Waals surface area contributed by atoms with Crippen molar-refractivity contribution >= 4 is 5.91 Å². The van der Waals surface area contributed by atoms with Crippen LogP contribution in [0.15, 0.2) is 24.4 Å². The van der Waals surface area contributed by atoms with Crippen molar-refractivity contribution in [2.24, 2.45) is 0 Å². The highest BCUT2D eigenvalue weighted by Crippen LogP contribution is 2.00. The Bertz CT molecular complexity index is 259. The minimum Gasteiger partial charge on any atom is -0.359 e. The van der Waals surface area contributed by atoms with Crippen LogP contribution in [0, 0.1) is 0 Å². The first-order valence-corrected chi connectivity index (χ1v) is 4.43. The molecule has 0 aromatic carbocycles. The van der Waals surface area contributed by atoms with Crippen LogP contribution in [0.4, 0.5) is 0 Å². The molecule has 0 bridgehead atoms. The number of rotatable bonds is 4. The zero-order chi connectivity index (χ0) is 9.52.